The van der Waals surface area contributed by atoms with Gasteiger partial charge in [-0.1, -0.05) is 0 Å². The first-order valence-electron chi connectivity index (χ1n) is 5.44. The Balaban J connectivity index is 1.83. The summed E-state index contributed by atoms with van der Waals surface area (Å²) in [5.41, 5.74) is 4.01. The Labute approximate surface area is 99.3 Å². The molecule has 3 heterocycles. The maximum absolute atomic E-state index is 4.20. The number of rotatable bonds is 2. The van der Waals surface area contributed by atoms with E-state index in [1.165, 1.54) is 0 Å². The summed E-state index contributed by atoms with van der Waals surface area (Å²) in [6.45, 7) is 0. The molecule has 0 unspecified atom stereocenters. The summed E-state index contributed by atoms with van der Waals surface area (Å²) < 4.78 is 0. The van der Waals surface area contributed by atoms with Gasteiger partial charge in [-0.15, -0.1) is 0 Å². The number of H-pyrrole nitrogens is 1. The topological polar surface area (TPSA) is 40.5 Å². The standard InChI is InChI=1S/C14H11N3/c1-3-11(15-7-1)9-13-5-6-14(17-13)10-12-4-2-8-16-12/h1-10,17H/b11-9-,12-10-. The van der Waals surface area contributed by atoms with Crippen LogP contribution in [0.25, 0.3) is 12.2 Å². The average molecular weight is 221 g/mol. The minimum atomic E-state index is 0.963. The number of hydrogen-bond donors (Lipinski definition) is 1. The van der Waals surface area contributed by atoms with Crippen LogP contribution in [-0.4, -0.2) is 17.4 Å². The van der Waals surface area contributed by atoms with Crippen molar-refractivity contribution in [2.45, 2.75) is 0 Å². The lowest BCUT2D eigenvalue weighted by atomic mass is 10.3. The molecular weight excluding hydrogens is 210 g/mol. The third kappa shape index (κ3) is 2.23. The molecule has 0 aromatic carbocycles. The molecular formula is C14H11N3. The zero-order valence-corrected chi connectivity index (χ0v) is 9.17. The molecule has 0 saturated carbocycles. The second kappa shape index (κ2) is 4.22. The fraction of sp³-hybridized carbons (Fsp3) is 0. The lowest BCUT2D eigenvalue weighted by Gasteiger charge is -1.91. The molecule has 1 aromatic rings. The first kappa shape index (κ1) is 9.78. The number of aromatic nitrogens is 1. The van der Waals surface area contributed by atoms with Crippen molar-refractivity contribution in [3.63, 3.8) is 0 Å². The quantitative estimate of drug-likeness (QED) is 0.797. The third-order valence-corrected chi connectivity index (χ3v) is 2.49. The molecule has 1 N–H and O–H groups in total. The first-order valence-corrected chi connectivity index (χ1v) is 5.44. The maximum atomic E-state index is 4.20. The second-order valence-electron chi connectivity index (χ2n) is 3.78. The summed E-state index contributed by atoms with van der Waals surface area (Å²) in [6, 6.07) is 4.06. The molecule has 82 valence electrons. The molecule has 2 aliphatic rings. The van der Waals surface area contributed by atoms with Crippen molar-refractivity contribution in [3.8, 4) is 0 Å². The largest absolute Gasteiger partial charge is 0.355 e. The van der Waals surface area contributed by atoms with Crippen molar-refractivity contribution < 1.29 is 0 Å². The number of hydrogen-bond acceptors (Lipinski definition) is 2. The van der Waals surface area contributed by atoms with Gasteiger partial charge in [-0.3, -0.25) is 9.98 Å². The Kier molecular flexibility index (Phi) is 2.43. The van der Waals surface area contributed by atoms with Gasteiger partial charge in [0.15, 0.2) is 0 Å². The van der Waals surface area contributed by atoms with Crippen LogP contribution < -0.4 is 0 Å². The van der Waals surface area contributed by atoms with Gasteiger partial charge in [0, 0.05) is 23.8 Å². The molecule has 3 nitrogen and oxygen atoms in total. The van der Waals surface area contributed by atoms with Gasteiger partial charge in [-0.05, 0) is 48.6 Å². The summed E-state index contributed by atoms with van der Waals surface area (Å²) >= 11 is 0. The van der Waals surface area contributed by atoms with Gasteiger partial charge in [0.05, 0.1) is 11.4 Å². The number of aliphatic imine (C=N–C) groups is 2. The van der Waals surface area contributed by atoms with E-state index in [1.54, 1.807) is 12.4 Å². The van der Waals surface area contributed by atoms with Gasteiger partial charge in [0.2, 0.25) is 0 Å². The van der Waals surface area contributed by atoms with Crippen molar-refractivity contribution in [2.75, 3.05) is 0 Å². The van der Waals surface area contributed by atoms with Crippen LogP contribution in [0.1, 0.15) is 11.4 Å². The predicted molar refractivity (Wildman–Crippen MR) is 72.0 cm³/mol. The molecule has 0 bridgehead atoms. The minimum absolute atomic E-state index is 0.963. The number of allylic oxidation sites excluding steroid dienone is 4. The Bertz CT molecular complexity index is 527. The zero-order chi connectivity index (χ0) is 11.5. The Hall–Kier alpha value is -2.42. The minimum Gasteiger partial charge on any atom is -0.355 e. The van der Waals surface area contributed by atoms with E-state index in [0.717, 1.165) is 22.8 Å². The summed E-state index contributed by atoms with van der Waals surface area (Å²) in [4.78, 5) is 11.7. The molecule has 0 fully saturated rings. The molecule has 0 atom stereocenters. The fourth-order valence-corrected chi connectivity index (χ4v) is 1.71. The lowest BCUT2D eigenvalue weighted by molar-refractivity contribution is 1.32. The van der Waals surface area contributed by atoms with Crippen LogP contribution in [0.2, 0.25) is 0 Å². The Morgan fingerprint density at radius 1 is 0.824 bits per heavy atom. The molecule has 17 heavy (non-hydrogen) atoms. The van der Waals surface area contributed by atoms with E-state index in [2.05, 4.69) is 15.0 Å². The highest BCUT2D eigenvalue weighted by Gasteiger charge is 1.99. The lowest BCUT2D eigenvalue weighted by Crippen LogP contribution is -1.76. The third-order valence-electron chi connectivity index (χ3n) is 2.49. The first-order chi connectivity index (χ1) is 8.40. The van der Waals surface area contributed by atoms with Crippen LogP contribution in [0.3, 0.4) is 0 Å². The number of nitrogens with one attached hydrogen (secondary N) is 1. The number of nitrogens with zero attached hydrogens (tertiary/aromatic N) is 2. The average Bonchev–Trinajstić information content (AvgIpc) is 3.02. The van der Waals surface area contributed by atoms with E-state index >= 15 is 0 Å². The van der Waals surface area contributed by atoms with E-state index in [1.807, 2.05) is 48.6 Å². The summed E-state index contributed by atoms with van der Waals surface area (Å²) in [6.07, 6.45) is 15.4. The number of aromatic amines is 1. The van der Waals surface area contributed by atoms with Gasteiger partial charge >= 0.3 is 0 Å². The highest BCUT2D eigenvalue weighted by molar-refractivity contribution is 5.80. The molecule has 3 heteroatoms. The molecule has 0 amide bonds. The highest BCUT2D eigenvalue weighted by Crippen LogP contribution is 2.15. The van der Waals surface area contributed by atoms with Gasteiger partial charge in [0.1, 0.15) is 0 Å². The van der Waals surface area contributed by atoms with Crippen molar-refractivity contribution >= 4 is 24.6 Å². The van der Waals surface area contributed by atoms with Gasteiger partial charge in [-0.25, -0.2) is 0 Å². The molecule has 0 spiro atoms. The van der Waals surface area contributed by atoms with E-state index in [9.17, 15) is 0 Å². The van der Waals surface area contributed by atoms with E-state index in [4.69, 9.17) is 0 Å². The van der Waals surface area contributed by atoms with Crippen LogP contribution in [0.4, 0.5) is 0 Å². The molecule has 0 saturated heterocycles. The van der Waals surface area contributed by atoms with Crippen molar-refractivity contribution in [1.82, 2.24) is 4.98 Å². The summed E-state index contributed by atoms with van der Waals surface area (Å²) in [5, 5.41) is 0. The molecule has 2 aliphatic heterocycles. The maximum Gasteiger partial charge on any atom is 0.0650 e. The van der Waals surface area contributed by atoms with E-state index < -0.39 is 0 Å². The normalized spacial score (nSPS) is 21.4. The highest BCUT2D eigenvalue weighted by atomic mass is 14.8. The monoisotopic (exact) mass is 221 g/mol. The van der Waals surface area contributed by atoms with Crippen LogP contribution in [-0.2, 0) is 0 Å². The van der Waals surface area contributed by atoms with Gasteiger partial charge < -0.3 is 4.98 Å². The van der Waals surface area contributed by atoms with Crippen LogP contribution >= 0.6 is 0 Å². The fourth-order valence-electron chi connectivity index (χ4n) is 1.71. The molecule has 0 aliphatic carbocycles. The molecule has 1 aromatic heterocycles. The van der Waals surface area contributed by atoms with E-state index in [0.29, 0.717) is 0 Å². The Morgan fingerprint density at radius 3 is 1.76 bits per heavy atom. The summed E-state index contributed by atoms with van der Waals surface area (Å²) in [5.74, 6) is 0. The smallest absolute Gasteiger partial charge is 0.0650 e. The second-order valence-corrected chi connectivity index (χ2v) is 3.78. The Morgan fingerprint density at radius 2 is 1.35 bits per heavy atom. The van der Waals surface area contributed by atoms with Gasteiger partial charge in [-0.2, -0.15) is 0 Å². The molecule has 3 rings (SSSR count). The van der Waals surface area contributed by atoms with Gasteiger partial charge in [0.25, 0.3) is 0 Å². The van der Waals surface area contributed by atoms with Crippen molar-refractivity contribution in [2.24, 2.45) is 9.98 Å². The van der Waals surface area contributed by atoms with E-state index in [-0.39, 0.29) is 0 Å². The predicted octanol–water partition coefficient (Wildman–Crippen LogP) is 2.98. The van der Waals surface area contributed by atoms with Crippen molar-refractivity contribution in [1.29, 1.82) is 0 Å². The molecule has 0 radical (unpaired) electrons. The SMILES string of the molecule is C1=C/C(=C/c2ccc(/C=C3/C=CC=N3)[nH]2)N=C1. The van der Waals surface area contributed by atoms with Crippen molar-refractivity contribution in [3.05, 3.63) is 59.2 Å². The van der Waals surface area contributed by atoms with Crippen LogP contribution in [0.5, 0.6) is 0 Å². The van der Waals surface area contributed by atoms with Crippen LogP contribution in [0, 0.1) is 0 Å². The summed E-state index contributed by atoms with van der Waals surface area (Å²) in [7, 11) is 0. The zero-order valence-electron chi connectivity index (χ0n) is 9.17. The van der Waals surface area contributed by atoms with Crippen LogP contribution in [0.15, 0.2) is 57.8 Å².